The number of carbonyl (C=O) groups is 2. The number of rotatable bonds is 5. The van der Waals surface area contributed by atoms with Crippen molar-refractivity contribution in [3.05, 3.63) is 107 Å². The molecule has 0 saturated carbocycles. The minimum atomic E-state index is -0.661. The summed E-state index contributed by atoms with van der Waals surface area (Å²) >= 11 is 0. The van der Waals surface area contributed by atoms with Crippen LogP contribution in [-0.2, 0) is 17.9 Å². The Hall–Kier alpha value is -3.40. The second-order valence-electron chi connectivity index (χ2n) is 7.11. The minimum Gasteiger partial charge on any atom is -0.350 e. The molecule has 1 atom stereocenters. The molecule has 0 aromatic heterocycles. The Bertz CT molecular complexity index is 997. The molecule has 1 aliphatic rings. The first-order valence-electron chi connectivity index (χ1n) is 9.40. The standard InChI is InChI=1S/C24H22N2O2/c1-17-11-13-18(14-12-17)15-25-23(27)22(19-7-3-2-4-8-19)26-16-20-9-5-6-10-21(20)24(26)28/h2-14,22H,15-16H2,1H3,(H,25,27)/t22-/m1/s1. The van der Waals surface area contributed by atoms with Crippen LogP contribution in [-0.4, -0.2) is 16.7 Å². The van der Waals surface area contributed by atoms with Crippen LogP contribution in [0.15, 0.2) is 78.9 Å². The van der Waals surface area contributed by atoms with Crippen LogP contribution in [0.25, 0.3) is 0 Å². The number of hydrogen-bond acceptors (Lipinski definition) is 2. The lowest BCUT2D eigenvalue weighted by Gasteiger charge is -2.27. The van der Waals surface area contributed by atoms with Gasteiger partial charge in [0.2, 0.25) is 5.91 Å². The number of amides is 2. The molecule has 3 aromatic rings. The van der Waals surface area contributed by atoms with Crippen LogP contribution < -0.4 is 5.32 Å². The summed E-state index contributed by atoms with van der Waals surface area (Å²) in [4.78, 5) is 27.8. The maximum absolute atomic E-state index is 13.2. The van der Waals surface area contributed by atoms with E-state index in [4.69, 9.17) is 0 Å². The largest absolute Gasteiger partial charge is 0.350 e. The molecular formula is C24H22N2O2. The SMILES string of the molecule is Cc1ccc(CNC(=O)[C@@H](c2ccccc2)N2Cc3ccccc3C2=O)cc1. The smallest absolute Gasteiger partial charge is 0.255 e. The fraction of sp³-hybridized carbons (Fsp3) is 0.167. The molecule has 0 unspecified atom stereocenters. The predicted octanol–water partition coefficient (Wildman–Crippen LogP) is 4.01. The summed E-state index contributed by atoms with van der Waals surface area (Å²) in [5, 5.41) is 3.01. The number of nitrogens with one attached hydrogen (secondary N) is 1. The molecule has 1 aliphatic heterocycles. The van der Waals surface area contributed by atoms with Crippen molar-refractivity contribution in [3.8, 4) is 0 Å². The van der Waals surface area contributed by atoms with Gasteiger partial charge in [0.15, 0.2) is 0 Å². The van der Waals surface area contributed by atoms with E-state index in [9.17, 15) is 9.59 Å². The Morgan fingerprint density at radius 1 is 0.964 bits per heavy atom. The maximum Gasteiger partial charge on any atom is 0.255 e. The van der Waals surface area contributed by atoms with Gasteiger partial charge in [-0.15, -0.1) is 0 Å². The molecule has 140 valence electrons. The Kier molecular flexibility index (Phi) is 4.94. The van der Waals surface area contributed by atoms with Gasteiger partial charge in [-0.25, -0.2) is 0 Å². The zero-order valence-electron chi connectivity index (χ0n) is 15.8. The number of aryl methyl sites for hydroxylation is 1. The Morgan fingerprint density at radius 3 is 2.36 bits per heavy atom. The van der Waals surface area contributed by atoms with Crippen LogP contribution in [0.3, 0.4) is 0 Å². The molecule has 2 amide bonds. The zero-order valence-corrected chi connectivity index (χ0v) is 15.8. The van der Waals surface area contributed by atoms with Gasteiger partial charge in [0.1, 0.15) is 6.04 Å². The summed E-state index contributed by atoms with van der Waals surface area (Å²) in [5.41, 5.74) is 4.65. The second kappa shape index (κ2) is 7.69. The summed E-state index contributed by atoms with van der Waals surface area (Å²) in [6.07, 6.45) is 0. The molecule has 0 aliphatic carbocycles. The summed E-state index contributed by atoms with van der Waals surface area (Å²) in [7, 11) is 0. The topological polar surface area (TPSA) is 49.4 Å². The molecule has 0 saturated heterocycles. The van der Waals surface area contributed by atoms with Gasteiger partial charge < -0.3 is 10.2 Å². The van der Waals surface area contributed by atoms with Gasteiger partial charge in [-0.3, -0.25) is 9.59 Å². The van der Waals surface area contributed by atoms with Crippen LogP contribution >= 0.6 is 0 Å². The number of nitrogens with zero attached hydrogens (tertiary/aromatic N) is 1. The highest BCUT2D eigenvalue weighted by atomic mass is 16.2. The molecule has 0 bridgehead atoms. The van der Waals surface area contributed by atoms with Crippen LogP contribution in [0.5, 0.6) is 0 Å². The highest BCUT2D eigenvalue weighted by Crippen LogP contribution is 2.31. The maximum atomic E-state index is 13.2. The van der Waals surface area contributed by atoms with Gasteiger partial charge in [0.25, 0.3) is 5.91 Å². The average Bonchev–Trinajstić information content (AvgIpc) is 3.05. The van der Waals surface area contributed by atoms with Crippen molar-refractivity contribution < 1.29 is 9.59 Å². The molecule has 3 aromatic carbocycles. The number of fused-ring (bicyclic) bond motifs is 1. The van der Waals surface area contributed by atoms with E-state index in [0.29, 0.717) is 18.7 Å². The molecule has 4 heteroatoms. The average molecular weight is 370 g/mol. The molecule has 0 fully saturated rings. The van der Waals surface area contributed by atoms with Gasteiger partial charge in [-0.2, -0.15) is 0 Å². The molecule has 0 radical (unpaired) electrons. The second-order valence-corrected chi connectivity index (χ2v) is 7.11. The molecule has 28 heavy (non-hydrogen) atoms. The third kappa shape index (κ3) is 3.54. The van der Waals surface area contributed by atoms with Gasteiger partial charge in [0, 0.05) is 18.7 Å². The highest BCUT2D eigenvalue weighted by molar-refractivity contribution is 6.01. The minimum absolute atomic E-state index is 0.102. The lowest BCUT2D eigenvalue weighted by molar-refractivity contribution is -0.126. The molecular weight excluding hydrogens is 348 g/mol. The molecule has 4 nitrogen and oxygen atoms in total. The van der Waals surface area contributed by atoms with Crippen molar-refractivity contribution >= 4 is 11.8 Å². The van der Waals surface area contributed by atoms with Crippen molar-refractivity contribution in [3.63, 3.8) is 0 Å². The van der Waals surface area contributed by atoms with Crippen LogP contribution in [0.4, 0.5) is 0 Å². The molecule has 0 spiro atoms. The summed E-state index contributed by atoms with van der Waals surface area (Å²) in [6, 6.07) is 24.4. The summed E-state index contributed by atoms with van der Waals surface area (Å²) in [6.45, 7) is 2.90. The predicted molar refractivity (Wildman–Crippen MR) is 109 cm³/mol. The van der Waals surface area contributed by atoms with Crippen LogP contribution in [0.1, 0.15) is 38.7 Å². The van der Waals surface area contributed by atoms with E-state index in [0.717, 1.165) is 16.7 Å². The third-order valence-electron chi connectivity index (χ3n) is 5.11. The van der Waals surface area contributed by atoms with Gasteiger partial charge >= 0.3 is 0 Å². The quantitative estimate of drug-likeness (QED) is 0.738. The molecule has 1 heterocycles. The normalized spacial score (nSPS) is 13.9. The van der Waals surface area contributed by atoms with Crippen molar-refractivity contribution in [2.45, 2.75) is 26.1 Å². The van der Waals surface area contributed by atoms with E-state index in [1.54, 1.807) is 4.90 Å². The van der Waals surface area contributed by atoms with Gasteiger partial charge in [-0.1, -0.05) is 78.4 Å². The monoisotopic (exact) mass is 370 g/mol. The van der Waals surface area contributed by atoms with Crippen molar-refractivity contribution in [1.29, 1.82) is 0 Å². The van der Waals surface area contributed by atoms with E-state index in [-0.39, 0.29) is 11.8 Å². The highest BCUT2D eigenvalue weighted by Gasteiger charge is 2.37. The summed E-state index contributed by atoms with van der Waals surface area (Å²) < 4.78 is 0. The van der Waals surface area contributed by atoms with Gasteiger partial charge in [0.05, 0.1) is 0 Å². The zero-order chi connectivity index (χ0) is 19.5. The van der Waals surface area contributed by atoms with Gasteiger partial charge in [-0.05, 0) is 29.7 Å². The van der Waals surface area contributed by atoms with Crippen LogP contribution in [0.2, 0.25) is 0 Å². The van der Waals surface area contributed by atoms with E-state index >= 15 is 0 Å². The van der Waals surface area contributed by atoms with E-state index < -0.39 is 6.04 Å². The Balaban J connectivity index is 1.59. The first-order valence-corrected chi connectivity index (χ1v) is 9.40. The fourth-order valence-corrected chi connectivity index (χ4v) is 3.59. The van der Waals surface area contributed by atoms with E-state index in [1.165, 1.54) is 5.56 Å². The first-order chi connectivity index (χ1) is 13.6. The van der Waals surface area contributed by atoms with Crippen molar-refractivity contribution in [2.24, 2.45) is 0 Å². The molecule has 1 N–H and O–H groups in total. The number of benzene rings is 3. The van der Waals surface area contributed by atoms with Crippen molar-refractivity contribution in [1.82, 2.24) is 10.2 Å². The first kappa shape index (κ1) is 18.0. The van der Waals surface area contributed by atoms with Crippen LogP contribution in [0, 0.1) is 6.92 Å². The Morgan fingerprint density at radius 2 is 1.64 bits per heavy atom. The Labute approximate surface area is 164 Å². The summed E-state index contributed by atoms with van der Waals surface area (Å²) in [5.74, 6) is -0.275. The lowest BCUT2D eigenvalue weighted by Crippen LogP contribution is -2.40. The number of hydrogen-bond donors (Lipinski definition) is 1. The lowest BCUT2D eigenvalue weighted by atomic mass is 10.0. The van der Waals surface area contributed by atoms with Crippen molar-refractivity contribution in [2.75, 3.05) is 0 Å². The molecule has 4 rings (SSSR count). The third-order valence-corrected chi connectivity index (χ3v) is 5.11. The number of carbonyl (C=O) groups excluding carboxylic acids is 2. The van der Waals surface area contributed by atoms with E-state index in [1.807, 2.05) is 85.8 Å². The van der Waals surface area contributed by atoms with E-state index in [2.05, 4.69) is 5.32 Å². The fourth-order valence-electron chi connectivity index (χ4n) is 3.59.